The molecule has 4 heterocycles. The minimum absolute atomic E-state index is 0.0720. The van der Waals surface area contributed by atoms with Gasteiger partial charge in [0.15, 0.2) is 0 Å². The zero-order chi connectivity index (χ0) is 24.4. The Morgan fingerprint density at radius 2 is 1.80 bits per heavy atom. The number of rotatable bonds is 7. The number of sulfonamides is 1. The number of para-hydroxylation sites is 1. The predicted octanol–water partition coefficient (Wildman–Crippen LogP) is 3.16. The smallest absolute Gasteiger partial charge is 0.263 e. The van der Waals surface area contributed by atoms with Crippen LogP contribution in [0.5, 0.6) is 0 Å². The highest BCUT2D eigenvalue weighted by Gasteiger charge is 2.43. The van der Waals surface area contributed by atoms with Crippen LogP contribution in [0.4, 0.5) is 5.69 Å². The summed E-state index contributed by atoms with van der Waals surface area (Å²) >= 11 is 0.943. The Kier molecular flexibility index (Phi) is 6.97. The van der Waals surface area contributed by atoms with Crippen molar-refractivity contribution in [2.24, 2.45) is 5.92 Å². The quantitative estimate of drug-likeness (QED) is 0.524. The van der Waals surface area contributed by atoms with E-state index < -0.39 is 10.0 Å². The van der Waals surface area contributed by atoms with Gasteiger partial charge in [-0.15, -0.1) is 0 Å². The third kappa shape index (κ3) is 5.30. The summed E-state index contributed by atoms with van der Waals surface area (Å²) < 4.78 is 37.6. The van der Waals surface area contributed by atoms with Crippen LogP contribution in [0.25, 0.3) is 0 Å². The Bertz CT molecular complexity index is 1300. The lowest BCUT2D eigenvalue weighted by Crippen LogP contribution is -2.47. The third-order valence-electron chi connectivity index (χ3n) is 6.81. The summed E-state index contributed by atoms with van der Waals surface area (Å²) in [4.78, 5) is 14.9. The third-order valence-corrected chi connectivity index (χ3v) is 9.38. The molecule has 1 amide bonds. The van der Waals surface area contributed by atoms with Gasteiger partial charge in [-0.2, -0.15) is 13.1 Å². The van der Waals surface area contributed by atoms with E-state index in [9.17, 15) is 13.2 Å². The molecule has 3 aromatic rings. The van der Waals surface area contributed by atoms with E-state index in [0.29, 0.717) is 31.7 Å². The van der Waals surface area contributed by atoms with Crippen LogP contribution in [-0.4, -0.2) is 64.5 Å². The van der Waals surface area contributed by atoms with Gasteiger partial charge in [0.2, 0.25) is 10.9 Å². The minimum Gasteiger partial charge on any atom is -0.325 e. The van der Waals surface area contributed by atoms with Crippen LogP contribution in [-0.2, 0) is 21.2 Å². The van der Waals surface area contributed by atoms with Crippen LogP contribution in [0.3, 0.4) is 0 Å². The van der Waals surface area contributed by atoms with Gasteiger partial charge in [0.25, 0.3) is 10.0 Å². The molecule has 6 rings (SSSR count). The first-order valence-corrected chi connectivity index (χ1v) is 14.0. The lowest BCUT2D eigenvalue weighted by molar-refractivity contribution is -0.117. The molecule has 3 fully saturated rings. The number of aryl methyl sites for hydroxylation is 1. The van der Waals surface area contributed by atoms with E-state index in [4.69, 9.17) is 0 Å². The van der Waals surface area contributed by atoms with Crippen molar-refractivity contribution in [3.8, 4) is 0 Å². The van der Waals surface area contributed by atoms with Crippen molar-refractivity contribution in [3.05, 3.63) is 71.4 Å². The zero-order valence-corrected chi connectivity index (χ0v) is 21.3. The molecule has 184 valence electrons. The summed E-state index contributed by atoms with van der Waals surface area (Å²) in [6.45, 7) is 3.89. The Balaban J connectivity index is 1.30. The summed E-state index contributed by atoms with van der Waals surface area (Å²) in [6, 6.07) is 17.2. The fourth-order valence-corrected chi connectivity index (χ4v) is 7.68. The molecular formula is C25H29N5O3S2. The molecule has 0 saturated carbocycles. The van der Waals surface area contributed by atoms with Crippen LogP contribution in [0.1, 0.15) is 29.7 Å². The molecular weight excluding hydrogens is 482 g/mol. The second kappa shape index (κ2) is 10.1. The first-order valence-electron chi connectivity index (χ1n) is 11.8. The lowest BCUT2D eigenvalue weighted by Gasteiger charge is -2.34. The fourth-order valence-electron chi connectivity index (χ4n) is 5.07. The second-order valence-electron chi connectivity index (χ2n) is 9.41. The van der Waals surface area contributed by atoms with Gasteiger partial charge in [-0.05, 0) is 42.9 Å². The average molecular weight is 512 g/mol. The molecule has 0 radical (unpaired) electrons. The molecule has 1 N–H and O–H groups in total. The number of hydrogen-bond donors (Lipinski definition) is 1. The van der Waals surface area contributed by atoms with E-state index >= 15 is 0 Å². The van der Waals surface area contributed by atoms with Crippen molar-refractivity contribution in [2.45, 2.75) is 37.3 Å². The molecule has 2 atom stereocenters. The van der Waals surface area contributed by atoms with Gasteiger partial charge in [0.1, 0.15) is 0 Å². The van der Waals surface area contributed by atoms with Gasteiger partial charge in [-0.1, -0.05) is 48.5 Å². The van der Waals surface area contributed by atoms with Crippen LogP contribution in [0.2, 0.25) is 0 Å². The first kappa shape index (κ1) is 24.1. The number of aromatic nitrogens is 2. The van der Waals surface area contributed by atoms with Gasteiger partial charge in [0, 0.05) is 37.8 Å². The molecule has 3 aliphatic rings. The largest absolute Gasteiger partial charge is 0.325 e. The molecule has 35 heavy (non-hydrogen) atoms. The summed E-state index contributed by atoms with van der Waals surface area (Å²) in [5, 5.41) is 3.07. The van der Waals surface area contributed by atoms with Crippen molar-refractivity contribution < 1.29 is 13.2 Å². The minimum atomic E-state index is -3.79. The maximum Gasteiger partial charge on any atom is 0.263 e. The molecule has 3 saturated heterocycles. The van der Waals surface area contributed by atoms with E-state index in [-0.39, 0.29) is 29.4 Å². The van der Waals surface area contributed by atoms with Gasteiger partial charge >= 0.3 is 0 Å². The van der Waals surface area contributed by atoms with Gasteiger partial charge < -0.3 is 5.32 Å². The van der Waals surface area contributed by atoms with E-state index in [0.717, 1.165) is 41.4 Å². The van der Waals surface area contributed by atoms with E-state index in [1.54, 1.807) is 4.31 Å². The van der Waals surface area contributed by atoms with Crippen molar-refractivity contribution in [3.63, 3.8) is 0 Å². The number of nitrogens with one attached hydrogen (secondary N) is 1. The first-order chi connectivity index (χ1) is 16.9. The standard InChI is InChI=1S/C25H29N5O3S2/c1-18-7-5-6-10-22(18)26-24(31)17-29-14-20-11-12-21(16-29)30(15-20)35(32,33)25-23(27-34-28-25)13-19-8-3-2-4-9-19/h2-10,20-21H,11-17H2,1H3,(H,26,31). The average Bonchev–Trinajstić information content (AvgIpc) is 3.13. The van der Waals surface area contributed by atoms with E-state index in [1.165, 1.54) is 0 Å². The Morgan fingerprint density at radius 3 is 2.60 bits per heavy atom. The highest BCUT2D eigenvalue weighted by molar-refractivity contribution is 7.89. The fraction of sp³-hybridized carbons (Fsp3) is 0.400. The summed E-state index contributed by atoms with van der Waals surface area (Å²) in [7, 11) is -3.79. The van der Waals surface area contributed by atoms with Crippen LogP contribution in [0, 0.1) is 12.8 Å². The van der Waals surface area contributed by atoms with Gasteiger partial charge in [-0.25, -0.2) is 8.42 Å². The van der Waals surface area contributed by atoms with E-state index in [2.05, 4.69) is 19.0 Å². The molecule has 8 nitrogen and oxygen atoms in total. The van der Waals surface area contributed by atoms with Crippen molar-refractivity contribution in [1.29, 1.82) is 0 Å². The van der Waals surface area contributed by atoms with Crippen molar-refractivity contribution in [1.82, 2.24) is 18.0 Å². The number of benzene rings is 2. The number of carbonyl (C=O) groups excluding carboxylic acids is 1. The SMILES string of the molecule is Cc1ccccc1NC(=O)CN1CC2CCC(C1)N(S(=O)(=O)c1nsnc1Cc1ccccc1)C2. The zero-order valence-electron chi connectivity index (χ0n) is 19.6. The van der Waals surface area contributed by atoms with Gasteiger partial charge in [-0.3, -0.25) is 9.69 Å². The maximum absolute atomic E-state index is 13.7. The molecule has 10 heteroatoms. The molecule has 0 spiro atoms. The highest BCUT2D eigenvalue weighted by Crippen LogP contribution is 2.33. The van der Waals surface area contributed by atoms with Gasteiger partial charge in [0.05, 0.1) is 24.0 Å². The number of hydrogen-bond acceptors (Lipinski definition) is 7. The number of nitrogens with zero attached hydrogens (tertiary/aromatic N) is 4. The number of anilines is 1. The number of fused-ring (bicyclic) bond motifs is 4. The molecule has 0 aliphatic carbocycles. The molecule has 2 bridgehead atoms. The Labute approximate surface area is 210 Å². The number of amides is 1. The molecule has 2 aromatic carbocycles. The Morgan fingerprint density at radius 1 is 1.03 bits per heavy atom. The van der Waals surface area contributed by atoms with Crippen molar-refractivity contribution in [2.75, 3.05) is 31.5 Å². The normalized spacial score (nSPS) is 21.1. The second-order valence-corrected chi connectivity index (χ2v) is 11.7. The van der Waals surface area contributed by atoms with Crippen LogP contribution in [0.15, 0.2) is 59.6 Å². The summed E-state index contributed by atoms with van der Waals surface area (Å²) in [5.74, 6) is 0.0998. The molecule has 1 aromatic heterocycles. The number of carbonyl (C=O) groups is 1. The predicted molar refractivity (Wildman–Crippen MR) is 136 cm³/mol. The maximum atomic E-state index is 13.7. The molecule has 3 aliphatic heterocycles. The number of piperidine rings is 1. The van der Waals surface area contributed by atoms with Crippen LogP contribution >= 0.6 is 11.7 Å². The highest BCUT2D eigenvalue weighted by atomic mass is 32.2. The van der Waals surface area contributed by atoms with E-state index in [1.807, 2.05) is 61.5 Å². The van der Waals surface area contributed by atoms with Crippen molar-refractivity contribution >= 4 is 33.3 Å². The summed E-state index contributed by atoms with van der Waals surface area (Å²) in [6.07, 6.45) is 2.17. The van der Waals surface area contributed by atoms with Crippen LogP contribution < -0.4 is 5.32 Å². The topological polar surface area (TPSA) is 95.5 Å². The molecule has 2 unspecified atom stereocenters. The summed E-state index contributed by atoms with van der Waals surface area (Å²) in [5.41, 5.74) is 3.31. The Hall–Kier alpha value is -2.66. The monoisotopic (exact) mass is 511 g/mol. The lowest BCUT2D eigenvalue weighted by atomic mass is 9.97.